The zero-order valence-corrected chi connectivity index (χ0v) is 10.6. The molecule has 1 unspecified atom stereocenters. The summed E-state index contributed by atoms with van der Waals surface area (Å²) in [4.78, 5) is 3.98. The van der Waals surface area contributed by atoms with E-state index in [4.69, 9.17) is 23.1 Å². The van der Waals surface area contributed by atoms with Crippen LogP contribution in [-0.4, -0.2) is 4.98 Å². The van der Waals surface area contributed by atoms with Gasteiger partial charge in [-0.1, -0.05) is 17.7 Å². The lowest BCUT2D eigenvalue weighted by atomic mass is 9.96. The normalized spacial score (nSPS) is 12.4. The van der Waals surface area contributed by atoms with Crippen molar-refractivity contribution in [2.45, 2.75) is 13.0 Å². The molecule has 1 aromatic heterocycles. The Bertz CT molecular complexity index is 566. The molecule has 18 heavy (non-hydrogen) atoms. The van der Waals surface area contributed by atoms with Gasteiger partial charge in [-0.05, 0) is 30.7 Å². The monoisotopic (exact) mass is 265 g/mol. The number of benzene rings is 1. The van der Waals surface area contributed by atoms with E-state index in [0.717, 1.165) is 5.56 Å². The number of nitrogen functional groups attached to an aromatic ring is 1. The lowest BCUT2D eigenvalue weighted by molar-refractivity contribution is 0.599. The fourth-order valence-electron chi connectivity index (χ4n) is 1.90. The number of rotatable bonds is 2. The zero-order valence-electron chi connectivity index (χ0n) is 9.82. The van der Waals surface area contributed by atoms with Crippen molar-refractivity contribution in [3.8, 4) is 0 Å². The lowest BCUT2D eigenvalue weighted by Gasteiger charge is -2.17. The first-order chi connectivity index (χ1) is 8.50. The Hall–Kier alpha value is -1.65. The maximum Gasteiger partial charge on any atom is 0.129 e. The fourth-order valence-corrected chi connectivity index (χ4v) is 2.06. The van der Waals surface area contributed by atoms with Crippen LogP contribution in [0.4, 0.5) is 10.2 Å². The SMILES string of the molecule is Cc1ccnc(N)c1C(N)c1ccc(Cl)cc1F. The highest BCUT2D eigenvalue weighted by Gasteiger charge is 2.18. The summed E-state index contributed by atoms with van der Waals surface area (Å²) in [5.41, 5.74) is 13.7. The number of anilines is 1. The maximum atomic E-state index is 13.8. The molecule has 0 fully saturated rings. The third kappa shape index (κ3) is 2.30. The Labute approximate surface area is 110 Å². The molecule has 94 valence electrons. The molecule has 0 spiro atoms. The summed E-state index contributed by atoms with van der Waals surface area (Å²) in [6.45, 7) is 1.86. The van der Waals surface area contributed by atoms with Crippen LogP contribution in [0.5, 0.6) is 0 Å². The van der Waals surface area contributed by atoms with Gasteiger partial charge in [0.15, 0.2) is 0 Å². The first-order valence-corrected chi connectivity index (χ1v) is 5.80. The van der Waals surface area contributed by atoms with Gasteiger partial charge in [-0.25, -0.2) is 9.37 Å². The van der Waals surface area contributed by atoms with Crippen LogP contribution in [0.1, 0.15) is 22.7 Å². The number of hydrogen-bond acceptors (Lipinski definition) is 3. The molecule has 4 N–H and O–H groups in total. The van der Waals surface area contributed by atoms with Gasteiger partial charge in [0.1, 0.15) is 11.6 Å². The maximum absolute atomic E-state index is 13.8. The average molecular weight is 266 g/mol. The standard InChI is InChI=1S/C13H13ClFN3/c1-7-4-5-18-13(17)11(7)12(16)9-3-2-8(14)6-10(9)15/h2-6,12H,16H2,1H3,(H2,17,18). The van der Waals surface area contributed by atoms with Gasteiger partial charge in [-0.3, -0.25) is 0 Å². The van der Waals surface area contributed by atoms with E-state index in [1.54, 1.807) is 24.4 Å². The van der Waals surface area contributed by atoms with Crippen LogP contribution in [0.3, 0.4) is 0 Å². The van der Waals surface area contributed by atoms with Crippen molar-refractivity contribution < 1.29 is 4.39 Å². The van der Waals surface area contributed by atoms with E-state index in [9.17, 15) is 4.39 Å². The van der Waals surface area contributed by atoms with Crippen molar-refractivity contribution in [1.82, 2.24) is 4.98 Å². The average Bonchev–Trinajstić information content (AvgIpc) is 2.28. The second-order valence-electron chi connectivity index (χ2n) is 4.07. The minimum Gasteiger partial charge on any atom is -0.383 e. The number of pyridine rings is 1. The van der Waals surface area contributed by atoms with Crippen LogP contribution in [0.2, 0.25) is 5.02 Å². The molecule has 0 radical (unpaired) electrons. The first kappa shape index (κ1) is 12.8. The van der Waals surface area contributed by atoms with Crippen LogP contribution < -0.4 is 11.5 Å². The summed E-state index contributed by atoms with van der Waals surface area (Å²) in [6, 6.07) is 5.53. The highest BCUT2D eigenvalue weighted by atomic mass is 35.5. The largest absolute Gasteiger partial charge is 0.383 e. The smallest absolute Gasteiger partial charge is 0.129 e. The molecule has 3 nitrogen and oxygen atoms in total. The Morgan fingerprint density at radius 2 is 2.06 bits per heavy atom. The molecule has 1 atom stereocenters. The van der Waals surface area contributed by atoms with Gasteiger partial charge in [0.25, 0.3) is 0 Å². The summed E-state index contributed by atoms with van der Waals surface area (Å²) < 4.78 is 13.8. The molecule has 0 aliphatic rings. The minimum atomic E-state index is -0.657. The number of aryl methyl sites for hydroxylation is 1. The zero-order chi connectivity index (χ0) is 13.3. The molecule has 0 amide bonds. The third-order valence-corrected chi connectivity index (χ3v) is 3.08. The molecule has 0 aliphatic heterocycles. The molecular formula is C13H13ClFN3. The van der Waals surface area contributed by atoms with E-state index >= 15 is 0 Å². The van der Waals surface area contributed by atoms with Crippen LogP contribution in [0.25, 0.3) is 0 Å². The molecule has 0 aliphatic carbocycles. The van der Waals surface area contributed by atoms with E-state index < -0.39 is 11.9 Å². The number of nitrogens with zero attached hydrogens (tertiary/aromatic N) is 1. The van der Waals surface area contributed by atoms with Crippen molar-refractivity contribution in [2.24, 2.45) is 5.73 Å². The topological polar surface area (TPSA) is 64.9 Å². The minimum absolute atomic E-state index is 0.317. The van der Waals surface area contributed by atoms with Gasteiger partial charge in [-0.15, -0.1) is 0 Å². The van der Waals surface area contributed by atoms with Crippen molar-refractivity contribution in [1.29, 1.82) is 0 Å². The highest BCUT2D eigenvalue weighted by Crippen LogP contribution is 2.29. The Kier molecular flexibility index (Phi) is 3.50. The van der Waals surface area contributed by atoms with Crippen LogP contribution in [0, 0.1) is 12.7 Å². The summed E-state index contributed by atoms with van der Waals surface area (Å²) in [7, 11) is 0. The van der Waals surface area contributed by atoms with Gasteiger partial charge < -0.3 is 11.5 Å². The summed E-state index contributed by atoms with van der Waals surface area (Å²) in [5.74, 6) is -0.130. The number of aromatic nitrogens is 1. The van der Waals surface area contributed by atoms with E-state index in [2.05, 4.69) is 4.98 Å². The highest BCUT2D eigenvalue weighted by molar-refractivity contribution is 6.30. The first-order valence-electron chi connectivity index (χ1n) is 5.42. The third-order valence-electron chi connectivity index (χ3n) is 2.85. The Morgan fingerprint density at radius 1 is 1.33 bits per heavy atom. The lowest BCUT2D eigenvalue weighted by Crippen LogP contribution is -2.17. The number of nitrogens with two attached hydrogens (primary N) is 2. The summed E-state index contributed by atoms with van der Waals surface area (Å²) >= 11 is 5.71. The molecule has 0 bridgehead atoms. The molecule has 2 rings (SSSR count). The van der Waals surface area contributed by atoms with Crippen molar-refractivity contribution in [3.05, 3.63) is 58.0 Å². The second-order valence-corrected chi connectivity index (χ2v) is 4.51. The quantitative estimate of drug-likeness (QED) is 0.878. The van der Waals surface area contributed by atoms with Gasteiger partial charge in [0.05, 0.1) is 6.04 Å². The van der Waals surface area contributed by atoms with E-state index in [0.29, 0.717) is 22.0 Å². The number of hydrogen-bond donors (Lipinski definition) is 2. The molecule has 0 saturated heterocycles. The molecule has 1 heterocycles. The van der Waals surface area contributed by atoms with Crippen molar-refractivity contribution >= 4 is 17.4 Å². The van der Waals surface area contributed by atoms with Crippen LogP contribution in [-0.2, 0) is 0 Å². The van der Waals surface area contributed by atoms with Crippen LogP contribution >= 0.6 is 11.6 Å². The molecular weight excluding hydrogens is 253 g/mol. The van der Waals surface area contributed by atoms with E-state index in [1.807, 2.05) is 6.92 Å². The summed E-state index contributed by atoms with van der Waals surface area (Å²) in [5, 5.41) is 0.333. The molecule has 5 heteroatoms. The predicted molar refractivity (Wildman–Crippen MR) is 70.8 cm³/mol. The summed E-state index contributed by atoms with van der Waals surface area (Å²) in [6.07, 6.45) is 1.60. The van der Waals surface area contributed by atoms with Crippen LogP contribution in [0.15, 0.2) is 30.5 Å². The van der Waals surface area contributed by atoms with E-state index in [1.165, 1.54) is 6.07 Å². The Morgan fingerprint density at radius 3 is 2.67 bits per heavy atom. The van der Waals surface area contributed by atoms with Gasteiger partial charge in [0.2, 0.25) is 0 Å². The molecule has 0 saturated carbocycles. The van der Waals surface area contributed by atoms with Gasteiger partial charge in [-0.2, -0.15) is 0 Å². The van der Waals surface area contributed by atoms with E-state index in [-0.39, 0.29) is 0 Å². The molecule has 2 aromatic rings. The number of halogens is 2. The van der Waals surface area contributed by atoms with Gasteiger partial charge >= 0.3 is 0 Å². The Balaban J connectivity index is 2.51. The molecule has 1 aromatic carbocycles. The second kappa shape index (κ2) is 4.92. The van der Waals surface area contributed by atoms with Gasteiger partial charge in [0, 0.05) is 22.3 Å². The van der Waals surface area contributed by atoms with Crippen molar-refractivity contribution in [3.63, 3.8) is 0 Å². The predicted octanol–water partition coefficient (Wildman–Crippen LogP) is 2.81. The fraction of sp³-hybridized carbons (Fsp3) is 0.154. The van der Waals surface area contributed by atoms with Crippen molar-refractivity contribution in [2.75, 3.05) is 5.73 Å².